The first-order chi connectivity index (χ1) is 16.1. The predicted molar refractivity (Wildman–Crippen MR) is 132 cm³/mol. The maximum Gasteiger partial charge on any atom is 0.335 e. The van der Waals surface area contributed by atoms with E-state index in [-0.39, 0.29) is 16.9 Å². The summed E-state index contributed by atoms with van der Waals surface area (Å²) in [6.45, 7) is 11.1. The summed E-state index contributed by atoms with van der Waals surface area (Å²) in [7, 11) is 0. The number of aliphatic hydroxyl groups excluding tert-OH is 1. The van der Waals surface area contributed by atoms with E-state index in [4.69, 9.17) is 5.11 Å². The molecule has 0 bridgehead atoms. The Hall–Kier alpha value is -2.72. The van der Waals surface area contributed by atoms with Gasteiger partial charge in [0.05, 0.1) is 17.7 Å². The molecule has 2 rings (SSSR count). The maximum atomic E-state index is 14.5. The van der Waals surface area contributed by atoms with Crippen molar-refractivity contribution in [2.75, 3.05) is 0 Å². The van der Waals surface area contributed by atoms with Crippen LogP contribution in [-0.2, 0) is 10.2 Å². The quantitative estimate of drug-likeness (QED) is 0.340. The van der Waals surface area contributed by atoms with Crippen LogP contribution in [0.5, 0.6) is 0 Å². The number of halogens is 2. The molecule has 1 fully saturated rings. The van der Waals surface area contributed by atoms with E-state index in [2.05, 4.69) is 11.8 Å². The monoisotopic (exact) mass is 489 g/mol. The SMILES string of the molecule is CC#CC[C@H](C)[C@H](O)/C=C/[C@H]1CC(F)(F)C(=O)N1C(C)(C)CCC(C)(C)c1ccc(C(=O)O)cc1. The van der Waals surface area contributed by atoms with Crippen LogP contribution in [0.1, 0.15) is 83.1 Å². The number of carbonyl (C=O) groups is 2. The number of aromatic carboxylic acids is 1. The molecule has 1 heterocycles. The summed E-state index contributed by atoms with van der Waals surface area (Å²) in [6.07, 6.45) is 3.08. The van der Waals surface area contributed by atoms with Gasteiger partial charge in [-0.05, 0) is 62.6 Å². The molecular formula is C28H37F2NO4. The molecule has 2 N–H and O–H groups in total. The average Bonchev–Trinajstić information content (AvgIpc) is 3.03. The van der Waals surface area contributed by atoms with Crippen LogP contribution in [0.25, 0.3) is 0 Å². The number of likely N-dealkylation sites (tertiary alicyclic amines) is 1. The Morgan fingerprint density at radius 1 is 1.23 bits per heavy atom. The predicted octanol–water partition coefficient (Wildman–Crippen LogP) is 5.42. The second-order valence-electron chi connectivity index (χ2n) is 10.7. The molecule has 1 aromatic rings. The van der Waals surface area contributed by atoms with Crippen molar-refractivity contribution in [3.05, 3.63) is 47.5 Å². The number of nitrogens with zero attached hydrogens (tertiary/aromatic N) is 1. The van der Waals surface area contributed by atoms with Crippen LogP contribution in [0, 0.1) is 17.8 Å². The van der Waals surface area contributed by atoms with Gasteiger partial charge in [0.25, 0.3) is 5.91 Å². The zero-order valence-electron chi connectivity index (χ0n) is 21.4. The van der Waals surface area contributed by atoms with E-state index in [1.54, 1.807) is 45.0 Å². The standard InChI is InChI=1S/C28H37F2NO4/c1-7-8-9-19(2)23(32)15-14-22-18-28(29,30)25(35)31(22)27(5,6)17-16-26(3,4)21-12-10-20(11-13-21)24(33)34/h10-15,19,22-23,32H,9,16-18H2,1-6H3,(H,33,34)/b15-14+/t19-,22-,23+/m0/s1. The molecule has 0 aromatic heterocycles. The van der Waals surface area contributed by atoms with E-state index in [0.717, 1.165) is 5.56 Å². The zero-order chi connectivity index (χ0) is 26.6. The molecule has 0 aliphatic carbocycles. The minimum absolute atomic E-state index is 0.161. The van der Waals surface area contributed by atoms with Crippen molar-refractivity contribution in [3.8, 4) is 11.8 Å². The molecular weight excluding hydrogens is 452 g/mol. The second kappa shape index (κ2) is 10.9. The van der Waals surface area contributed by atoms with Crippen LogP contribution < -0.4 is 0 Å². The molecule has 1 aliphatic heterocycles. The molecule has 35 heavy (non-hydrogen) atoms. The summed E-state index contributed by atoms with van der Waals surface area (Å²) in [5.41, 5.74) is -0.103. The number of aliphatic hydroxyl groups is 1. The summed E-state index contributed by atoms with van der Waals surface area (Å²) in [6, 6.07) is 5.80. The highest BCUT2D eigenvalue weighted by molar-refractivity contribution is 5.88. The number of benzene rings is 1. The van der Waals surface area contributed by atoms with Crippen LogP contribution in [0.4, 0.5) is 8.78 Å². The maximum absolute atomic E-state index is 14.5. The molecule has 0 spiro atoms. The highest BCUT2D eigenvalue weighted by atomic mass is 19.3. The van der Waals surface area contributed by atoms with Gasteiger partial charge in [0.1, 0.15) is 0 Å². The molecule has 5 nitrogen and oxygen atoms in total. The van der Waals surface area contributed by atoms with Crippen molar-refractivity contribution < 1.29 is 28.6 Å². The van der Waals surface area contributed by atoms with Gasteiger partial charge in [0.15, 0.2) is 0 Å². The van der Waals surface area contributed by atoms with E-state index in [0.29, 0.717) is 19.3 Å². The first-order valence-corrected chi connectivity index (χ1v) is 11.9. The van der Waals surface area contributed by atoms with E-state index < -0.39 is 41.9 Å². The van der Waals surface area contributed by atoms with Crippen LogP contribution in [0.15, 0.2) is 36.4 Å². The lowest BCUT2D eigenvalue weighted by atomic mass is 9.77. The van der Waals surface area contributed by atoms with Crippen molar-refractivity contribution in [1.29, 1.82) is 0 Å². The summed E-state index contributed by atoms with van der Waals surface area (Å²) in [4.78, 5) is 25.1. The molecule has 1 aromatic carbocycles. The van der Waals surface area contributed by atoms with Gasteiger partial charge in [-0.15, -0.1) is 11.8 Å². The Kier molecular flexibility index (Phi) is 8.89. The lowest BCUT2D eigenvalue weighted by molar-refractivity contribution is -0.152. The van der Waals surface area contributed by atoms with Crippen LogP contribution >= 0.6 is 0 Å². The first-order valence-electron chi connectivity index (χ1n) is 11.9. The summed E-state index contributed by atoms with van der Waals surface area (Å²) < 4.78 is 29.0. The van der Waals surface area contributed by atoms with Crippen LogP contribution in [0.2, 0.25) is 0 Å². The third kappa shape index (κ3) is 6.91. The van der Waals surface area contributed by atoms with Crippen molar-refractivity contribution in [2.24, 2.45) is 5.92 Å². The fourth-order valence-electron chi connectivity index (χ4n) is 4.41. The van der Waals surface area contributed by atoms with Crippen LogP contribution in [0.3, 0.4) is 0 Å². The Balaban J connectivity index is 2.20. The number of carbonyl (C=O) groups excluding carboxylic acids is 1. The van der Waals surface area contributed by atoms with Crippen molar-refractivity contribution in [1.82, 2.24) is 4.90 Å². The third-order valence-corrected chi connectivity index (χ3v) is 6.97. The van der Waals surface area contributed by atoms with Gasteiger partial charge in [-0.3, -0.25) is 4.79 Å². The summed E-state index contributed by atoms with van der Waals surface area (Å²) in [5.74, 6) is -0.132. The third-order valence-electron chi connectivity index (χ3n) is 6.97. The Labute approximate surface area is 207 Å². The highest BCUT2D eigenvalue weighted by Gasteiger charge is 2.56. The number of amides is 1. The van der Waals surface area contributed by atoms with Crippen molar-refractivity contribution in [2.45, 2.75) is 96.2 Å². The summed E-state index contributed by atoms with van der Waals surface area (Å²) in [5, 5.41) is 19.5. The van der Waals surface area contributed by atoms with Gasteiger partial charge in [0.2, 0.25) is 0 Å². The Morgan fingerprint density at radius 2 is 1.83 bits per heavy atom. The minimum Gasteiger partial charge on any atom is -0.478 e. The number of rotatable bonds is 10. The molecule has 192 valence electrons. The number of carboxylic acids is 1. The Bertz CT molecular complexity index is 1000. The van der Waals surface area contributed by atoms with Gasteiger partial charge in [-0.25, -0.2) is 4.79 Å². The zero-order valence-corrected chi connectivity index (χ0v) is 21.4. The average molecular weight is 490 g/mol. The van der Waals surface area contributed by atoms with Gasteiger partial charge in [-0.1, -0.05) is 45.1 Å². The number of hydrogen-bond acceptors (Lipinski definition) is 3. The lowest BCUT2D eigenvalue weighted by Crippen LogP contribution is -2.51. The number of alkyl halides is 2. The van der Waals surface area contributed by atoms with Crippen molar-refractivity contribution >= 4 is 11.9 Å². The lowest BCUT2D eigenvalue weighted by Gasteiger charge is -2.41. The van der Waals surface area contributed by atoms with E-state index in [1.165, 1.54) is 17.1 Å². The molecule has 7 heteroatoms. The largest absolute Gasteiger partial charge is 0.478 e. The van der Waals surface area contributed by atoms with Crippen LogP contribution in [-0.4, -0.2) is 50.6 Å². The minimum atomic E-state index is -3.46. The molecule has 0 radical (unpaired) electrons. The van der Waals surface area contributed by atoms with Gasteiger partial charge in [0, 0.05) is 18.4 Å². The highest BCUT2D eigenvalue weighted by Crippen LogP contribution is 2.42. The molecule has 1 aliphatic rings. The van der Waals surface area contributed by atoms with Crippen molar-refractivity contribution in [3.63, 3.8) is 0 Å². The van der Waals surface area contributed by atoms with Gasteiger partial charge < -0.3 is 15.1 Å². The molecule has 3 atom stereocenters. The smallest absolute Gasteiger partial charge is 0.335 e. The van der Waals surface area contributed by atoms with E-state index in [9.17, 15) is 23.5 Å². The molecule has 0 unspecified atom stereocenters. The summed E-state index contributed by atoms with van der Waals surface area (Å²) >= 11 is 0. The number of hydrogen-bond donors (Lipinski definition) is 2. The molecule has 0 saturated carbocycles. The Morgan fingerprint density at radius 3 is 2.37 bits per heavy atom. The van der Waals surface area contributed by atoms with E-state index >= 15 is 0 Å². The normalized spacial score (nSPS) is 20.0. The van der Waals surface area contributed by atoms with Gasteiger partial charge >= 0.3 is 11.9 Å². The molecule has 1 saturated heterocycles. The first kappa shape index (κ1) is 28.5. The fourth-order valence-corrected chi connectivity index (χ4v) is 4.41. The van der Waals surface area contributed by atoms with Gasteiger partial charge in [-0.2, -0.15) is 8.78 Å². The number of carboxylic acid groups (broad SMARTS) is 1. The second-order valence-corrected chi connectivity index (χ2v) is 10.7. The fraction of sp³-hybridized carbons (Fsp3) is 0.571. The molecule has 1 amide bonds. The van der Waals surface area contributed by atoms with E-state index in [1.807, 2.05) is 20.8 Å². The topological polar surface area (TPSA) is 77.8 Å².